The van der Waals surface area contributed by atoms with E-state index in [2.05, 4.69) is 0 Å². The summed E-state index contributed by atoms with van der Waals surface area (Å²) in [7, 11) is 3.28. The second kappa shape index (κ2) is 5.90. The molecule has 1 amide bonds. The first-order valence-electron chi connectivity index (χ1n) is 6.22. The van der Waals surface area contributed by atoms with Gasteiger partial charge in [0.25, 0.3) is 5.91 Å². The summed E-state index contributed by atoms with van der Waals surface area (Å²) in [6.45, 7) is 1.42. The molecule has 1 aromatic rings. The molecule has 1 N–H and O–H groups in total. The highest BCUT2D eigenvalue weighted by atomic mass is 32.1. The maximum Gasteiger partial charge on any atom is 0.263 e. The maximum atomic E-state index is 12.2. The summed E-state index contributed by atoms with van der Waals surface area (Å²) < 4.78 is 10.3. The van der Waals surface area contributed by atoms with Crippen LogP contribution in [0.1, 0.15) is 22.5 Å². The molecule has 0 unspecified atom stereocenters. The molecule has 0 aliphatic carbocycles. The van der Waals surface area contributed by atoms with Crippen LogP contribution in [0.15, 0.2) is 11.4 Å². The molecule has 2 heterocycles. The molecule has 0 radical (unpaired) electrons. The number of rotatable bonds is 4. The summed E-state index contributed by atoms with van der Waals surface area (Å²) in [6.07, 6.45) is 1.14. The lowest BCUT2D eigenvalue weighted by Gasteiger charge is -2.35. The third kappa shape index (κ3) is 3.46. The molecular weight excluding hydrogens is 266 g/mol. The van der Waals surface area contributed by atoms with Crippen LogP contribution < -0.4 is 4.74 Å². The zero-order valence-corrected chi connectivity index (χ0v) is 12.0. The van der Waals surface area contributed by atoms with Crippen molar-refractivity contribution < 1.29 is 19.4 Å². The van der Waals surface area contributed by atoms with Crippen molar-refractivity contribution >= 4 is 17.2 Å². The third-order valence-corrected chi connectivity index (χ3v) is 4.22. The Morgan fingerprint density at radius 3 is 2.84 bits per heavy atom. The zero-order valence-electron chi connectivity index (χ0n) is 11.2. The second-order valence-electron chi connectivity index (χ2n) is 4.85. The number of ether oxygens (including phenoxy) is 2. The number of carbonyl (C=O) groups excluding carboxylic acids is 1. The van der Waals surface area contributed by atoms with Crippen LogP contribution in [-0.2, 0) is 4.74 Å². The van der Waals surface area contributed by atoms with Gasteiger partial charge in [0.1, 0.15) is 5.75 Å². The van der Waals surface area contributed by atoms with Crippen molar-refractivity contribution in [3.8, 4) is 5.75 Å². The van der Waals surface area contributed by atoms with Gasteiger partial charge in [0.2, 0.25) is 0 Å². The predicted molar refractivity (Wildman–Crippen MR) is 72.8 cm³/mol. The fourth-order valence-corrected chi connectivity index (χ4v) is 3.00. The number of thiophene rings is 1. The number of likely N-dealkylation sites (N-methyl/N-ethyl adjacent to an activating group) is 1. The van der Waals surface area contributed by atoms with Crippen LogP contribution in [0.3, 0.4) is 0 Å². The normalized spacial score (nSPS) is 18.1. The maximum absolute atomic E-state index is 12.2. The Morgan fingerprint density at radius 1 is 1.58 bits per heavy atom. The highest BCUT2D eigenvalue weighted by Crippen LogP contribution is 2.25. The average molecular weight is 285 g/mol. The van der Waals surface area contributed by atoms with Gasteiger partial charge in [0.05, 0.1) is 17.6 Å². The number of aliphatic hydroxyl groups is 1. The van der Waals surface area contributed by atoms with E-state index in [9.17, 15) is 9.90 Å². The summed E-state index contributed by atoms with van der Waals surface area (Å²) in [4.78, 5) is 14.4. The molecule has 5 nitrogen and oxygen atoms in total. The van der Waals surface area contributed by atoms with E-state index in [0.717, 1.165) is 0 Å². The molecule has 1 aliphatic rings. The van der Waals surface area contributed by atoms with Crippen molar-refractivity contribution in [3.05, 3.63) is 16.3 Å². The van der Waals surface area contributed by atoms with Gasteiger partial charge < -0.3 is 19.5 Å². The summed E-state index contributed by atoms with van der Waals surface area (Å²) in [6, 6.07) is 1.72. The molecule has 1 aliphatic heterocycles. The number of hydrogen-bond acceptors (Lipinski definition) is 5. The van der Waals surface area contributed by atoms with E-state index in [-0.39, 0.29) is 5.91 Å². The number of carbonyl (C=O) groups is 1. The highest BCUT2D eigenvalue weighted by Gasteiger charge is 2.32. The van der Waals surface area contributed by atoms with Gasteiger partial charge in [-0.1, -0.05) is 0 Å². The van der Waals surface area contributed by atoms with Crippen molar-refractivity contribution in [2.24, 2.45) is 0 Å². The zero-order chi connectivity index (χ0) is 13.9. The molecule has 6 heteroatoms. The van der Waals surface area contributed by atoms with E-state index < -0.39 is 5.60 Å². The predicted octanol–water partition coefficient (Wildman–Crippen LogP) is 1.37. The number of hydrogen-bond donors (Lipinski definition) is 1. The van der Waals surface area contributed by atoms with Crippen LogP contribution in [0.5, 0.6) is 5.75 Å². The van der Waals surface area contributed by atoms with Crippen LogP contribution in [-0.4, -0.2) is 55.4 Å². The largest absolute Gasteiger partial charge is 0.496 e. The van der Waals surface area contributed by atoms with Gasteiger partial charge in [0, 0.05) is 51.1 Å². The van der Waals surface area contributed by atoms with Crippen molar-refractivity contribution in [2.45, 2.75) is 18.4 Å². The van der Waals surface area contributed by atoms with Crippen molar-refractivity contribution in [1.82, 2.24) is 4.90 Å². The minimum absolute atomic E-state index is 0.0896. The summed E-state index contributed by atoms with van der Waals surface area (Å²) >= 11 is 1.35. The molecule has 1 saturated heterocycles. The van der Waals surface area contributed by atoms with E-state index in [1.54, 1.807) is 30.5 Å². The summed E-state index contributed by atoms with van der Waals surface area (Å²) in [5.41, 5.74) is -0.829. The van der Waals surface area contributed by atoms with E-state index in [1.165, 1.54) is 11.3 Å². The van der Waals surface area contributed by atoms with Crippen LogP contribution in [0.4, 0.5) is 0 Å². The molecule has 0 saturated carbocycles. The lowest BCUT2D eigenvalue weighted by atomic mass is 9.94. The smallest absolute Gasteiger partial charge is 0.263 e. The van der Waals surface area contributed by atoms with E-state index in [1.807, 2.05) is 0 Å². The lowest BCUT2D eigenvalue weighted by molar-refractivity contribution is -0.0733. The first-order chi connectivity index (χ1) is 9.04. The standard InChI is InChI=1S/C13H19NO4S/c1-14(9-13(16)3-5-18-6-4-13)12(15)11-7-10(17-2)8-19-11/h7-8,16H,3-6,9H2,1-2H3. The molecule has 106 valence electrons. The van der Waals surface area contributed by atoms with Gasteiger partial charge in [-0.3, -0.25) is 4.79 Å². The van der Waals surface area contributed by atoms with Crippen LogP contribution in [0.2, 0.25) is 0 Å². The average Bonchev–Trinajstić information content (AvgIpc) is 2.86. The van der Waals surface area contributed by atoms with Crippen molar-refractivity contribution in [2.75, 3.05) is 33.9 Å². The van der Waals surface area contributed by atoms with Gasteiger partial charge in [-0.2, -0.15) is 0 Å². The van der Waals surface area contributed by atoms with E-state index in [4.69, 9.17) is 9.47 Å². The van der Waals surface area contributed by atoms with Crippen LogP contribution in [0.25, 0.3) is 0 Å². The Labute approximate surface area is 116 Å². The number of amides is 1. The van der Waals surface area contributed by atoms with E-state index >= 15 is 0 Å². The number of nitrogens with zero attached hydrogens (tertiary/aromatic N) is 1. The van der Waals surface area contributed by atoms with Gasteiger partial charge >= 0.3 is 0 Å². The Bertz CT molecular complexity index is 440. The van der Waals surface area contributed by atoms with Gasteiger partial charge in [-0.25, -0.2) is 0 Å². The fourth-order valence-electron chi connectivity index (χ4n) is 2.15. The minimum atomic E-state index is -0.829. The minimum Gasteiger partial charge on any atom is -0.496 e. The first-order valence-corrected chi connectivity index (χ1v) is 7.10. The Morgan fingerprint density at radius 2 is 2.26 bits per heavy atom. The van der Waals surface area contributed by atoms with Gasteiger partial charge in [-0.15, -0.1) is 11.3 Å². The molecule has 1 aromatic heterocycles. The van der Waals surface area contributed by atoms with Crippen LogP contribution in [0, 0.1) is 0 Å². The SMILES string of the molecule is COc1csc(C(=O)N(C)CC2(O)CCOCC2)c1. The first kappa shape index (κ1) is 14.3. The fraction of sp³-hybridized carbons (Fsp3) is 0.615. The molecule has 2 rings (SSSR count). The Balaban J connectivity index is 1.98. The summed E-state index contributed by atoms with van der Waals surface area (Å²) in [5.74, 6) is 0.597. The number of methoxy groups -OCH3 is 1. The van der Waals surface area contributed by atoms with Gasteiger partial charge in [0.15, 0.2) is 0 Å². The van der Waals surface area contributed by atoms with Crippen molar-refractivity contribution in [1.29, 1.82) is 0 Å². The monoisotopic (exact) mass is 285 g/mol. The third-order valence-electron chi connectivity index (χ3n) is 3.32. The topological polar surface area (TPSA) is 59.0 Å². The second-order valence-corrected chi connectivity index (χ2v) is 5.76. The van der Waals surface area contributed by atoms with Crippen molar-refractivity contribution in [3.63, 3.8) is 0 Å². The molecule has 0 atom stereocenters. The lowest BCUT2D eigenvalue weighted by Crippen LogP contribution is -2.47. The quantitative estimate of drug-likeness (QED) is 0.907. The molecule has 1 fully saturated rings. The molecule has 0 aromatic carbocycles. The highest BCUT2D eigenvalue weighted by molar-refractivity contribution is 7.12. The van der Waals surface area contributed by atoms with E-state index in [0.29, 0.717) is 43.2 Å². The molecule has 19 heavy (non-hydrogen) atoms. The molecule has 0 bridgehead atoms. The molecular formula is C13H19NO4S. The van der Waals surface area contributed by atoms with Gasteiger partial charge in [-0.05, 0) is 0 Å². The summed E-state index contributed by atoms with van der Waals surface area (Å²) in [5, 5.41) is 12.2. The Kier molecular flexibility index (Phi) is 4.44. The molecule has 0 spiro atoms. The van der Waals surface area contributed by atoms with Crippen LogP contribution >= 0.6 is 11.3 Å². The Hall–Kier alpha value is -1.11.